The number of benzene rings is 2. The monoisotopic (exact) mass is 457 g/mol. The molecule has 0 saturated carbocycles. The molecule has 29 heavy (non-hydrogen) atoms. The third-order valence-electron chi connectivity index (χ3n) is 3.24. The number of aromatic nitrogens is 2. The zero-order valence-electron chi connectivity index (χ0n) is 14.6. The molecule has 1 heterocycles. The fourth-order valence-corrected chi connectivity index (χ4v) is 2.67. The largest absolute Gasteiger partial charge is 0.457 e. The molecule has 0 atom stereocenters. The molecule has 0 radical (unpaired) electrons. The van der Waals surface area contributed by atoms with Crippen LogP contribution < -0.4 is 4.74 Å². The highest BCUT2D eigenvalue weighted by Gasteiger charge is 2.10. The molecule has 152 valence electrons. The van der Waals surface area contributed by atoms with Crippen molar-refractivity contribution in [1.29, 1.82) is 0 Å². The summed E-state index contributed by atoms with van der Waals surface area (Å²) in [7, 11) is 0. The zero-order valence-corrected chi connectivity index (χ0v) is 16.9. The van der Waals surface area contributed by atoms with Gasteiger partial charge in [0.2, 0.25) is 6.79 Å². The van der Waals surface area contributed by atoms with Gasteiger partial charge < -0.3 is 19.2 Å². The molecule has 11 heteroatoms. The molecule has 0 fully saturated rings. The summed E-state index contributed by atoms with van der Waals surface area (Å²) in [4.78, 5) is 12.4. The summed E-state index contributed by atoms with van der Waals surface area (Å²) in [6.45, 7) is 0.00111. The number of halogens is 3. The van der Waals surface area contributed by atoms with E-state index in [1.54, 1.807) is 72.0 Å². The molecule has 0 saturated heterocycles. The number of nitrogens with zero attached hydrogens (tertiary/aromatic N) is 3. The topological polar surface area (TPSA) is 99.7 Å². The molecule has 0 amide bonds. The molecule has 0 aliphatic rings. The second-order valence-electron chi connectivity index (χ2n) is 5.23. The molecule has 2 aromatic carbocycles. The third-order valence-corrected chi connectivity index (χ3v) is 4.04. The van der Waals surface area contributed by atoms with E-state index in [1.807, 2.05) is 0 Å². The third kappa shape index (κ3) is 7.90. The summed E-state index contributed by atoms with van der Waals surface area (Å²) in [5, 5.41) is 15.3. The normalized spacial score (nSPS) is 10.7. The quantitative estimate of drug-likeness (QED) is 0.226. The number of rotatable bonds is 6. The SMILES string of the molecule is Clc1ccc(OCO/C(=C\n2ccnc2)c2ccc(Cl)cc2Cl)cc1.O=[N+]([O-])O. The summed E-state index contributed by atoms with van der Waals surface area (Å²) < 4.78 is 13.1. The van der Waals surface area contributed by atoms with Crippen molar-refractivity contribution in [2.75, 3.05) is 6.79 Å². The van der Waals surface area contributed by atoms with E-state index in [9.17, 15) is 0 Å². The Hall–Kier alpha value is -2.94. The highest BCUT2D eigenvalue weighted by molar-refractivity contribution is 6.35. The minimum absolute atomic E-state index is 0.00111. The average Bonchev–Trinajstić information content (AvgIpc) is 3.15. The molecular formula is C18H14Cl3N3O5. The van der Waals surface area contributed by atoms with Crippen molar-refractivity contribution in [3.8, 4) is 5.75 Å². The first-order chi connectivity index (χ1) is 13.8. The molecule has 0 aliphatic heterocycles. The van der Waals surface area contributed by atoms with Gasteiger partial charge in [0.15, 0.2) is 0 Å². The van der Waals surface area contributed by atoms with Gasteiger partial charge in [-0.3, -0.25) is 0 Å². The van der Waals surface area contributed by atoms with E-state index in [1.165, 1.54) is 0 Å². The maximum Gasteiger partial charge on any atom is 0.291 e. The lowest BCUT2D eigenvalue weighted by Gasteiger charge is -2.13. The smallest absolute Gasteiger partial charge is 0.291 e. The Balaban J connectivity index is 0.000000687. The van der Waals surface area contributed by atoms with Gasteiger partial charge in [-0.05, 0) is 42.5 Å². The molecule has 0 bridgehead atoms. The van der Waals surface area contributed by atoms with Crippen LogP contribution >= 0.6 is 34.8 Å². The predicted molar refractivity (Wildman–Crippen MR) is 110 cm³/mol. The van der Waals surface area contributed by atoms with Gasteiger partial charge in [0.05, 0.1) is 17.5 Å². The molecule has 3 rings (SSSR count). The van der Waals surface area contributed by atoms with E-state index >= 15 is 0 Å². The molecule has 1 N–H and O–H groups in total. The summed E-state index contributed by atoms with van der Waals surface area (Å²) >= 11 is 18.1. The van der Waals surface area contributed by atoms with Crippen LogP contribution in [0.4, 0.5) is 0 Å². The van der Waals surface area contributed by atoms with Gasteiger partial charge in [-0.25, -0.2) is 4.98 Å². The molecule has 3 aromatic rings. The van der Waals surface area contributed by atoms with Crippen LogP contribution in [0, 0.1) is 10.1 Å². The molecule has 1 aromatic heterocycles. The maximum atomic E-state index is 8.36. The van der Waals surface area contributed by atoms with Gasteiger partial charge in [0, 0.05) is 28.0 Å². The average molecular weight is 459 g/mol. The van der Waals surface area contributed by atoms with Crippen LogP contribution in [0.3, 0.4) is 0 Å². The van der Waals surface area contributed by atoms with E-state index < -0.39 is 5.09 Å². The van der Waals surface area contributed by atoms with Gasteiger partial charge in [-0.2, -0.15) is 0 Å². The van der Waals surface area contributed by atoms with Gasteiger partial charge >= 0.3 is 0 Å². The van der Waals surface area contributed by atoms with E-state index in [2.05, 4.69) is 4.98 Å². The second-order valence-corrected chi connectivity index (χ2v) is 6.51. The van der Waals surface area contributed by atoms with Gasteiger partial charge in [-0.15, -0.1) is 10.1 Å². The van der Waals surface area contributed by atoms with E-state index in [-0.39, 0.29) is 6.79 Å². The number of hydrogen-bond acceptors (Lipinski definition) is 5. The van der Waals surface area contributed by atoms with Gasteiger partial charge in [-0.1, -0.05) is 34.8 Å². The van der Waals surface area contributed by atoms with E-state index in [4.69, 9.17) is 59.6 Å². The van der Waals surface area contributed by atoms with Crippen LogP contribution in [-0.4, -0.2) is 26.6 Å². The highest BCUT2D eigenvalue weighted by Crippen LogP contribution is 2.28. The number of hydrogen-bond donors (Lipinski definition) is 1. The standard InChI is InChI=1S/C18H13Cl3N2O2.HNO3/c19-13-1-4-15(5-2-13)24-12-25-18(10-23-8-7-22-11-23)16-6-3-14(20)9-17(16)21;2-1(3)4/h1-11H,12H2;(H,2,3,4)/b18-10-;. The van der Waals surface area contributed by atoms with Crippen LogP contribution in [0.5, 0.6) is 5.75 Å². The number of imidazole rings is 1. The van der Waals surface area contributed by atoms with Gasteiger partial charge in [0.25, 0.3) is 5.09 Å². The minimum Gasteiger partial charge on any atom is -0.457 e. The van der Waals surface area contributed by atoms with Crippen molar-refractivity contribution in [2.45, 2.75) is 0 Å². The Labute approximate surface area is 180 Å². The summed E-state index contributed by atoms with van der Waals surface area (Å²) in [6, 6.07) is 12.2. The van der Waals surface area contributed by atoms with Gasteiger partial charge in [0.1, 0.15) is 11.5 Å². The lowest BCUT2D eigenvalue weighted by molar-refractivity contribution is -0.742. The maximum absolute atomic E-state index is 8.36. The Morgan fingerprint density at radius 3 is 2.41 bits per heavy atom. The Kier molecular flexibility index (Phi) is 8.60. The fourth-order valence-electron chi connectivity index (χ4n) is 2.05. The van der Waals surface area contributed by atoms with Crippen molar-refractivity contribution in [3.63, 3.8) is 0 Å². The first-order valence-electron chi connectivity index (χ1n) is 7.84. The first-order valence-corrected chi connectivity index (χ1v) is 8.97. The summed E-state index contributed by atoms with van der Waals surface area (Å²) in [5.41, 5.74) is 0.694. The zero-order chi connectivity index (χ0) is 21.2. The van der Waals surface area contributed by atoms with Crippen molar-refractivity contribution in [1.82, 2.24) is 9.55 Å². The Morgan fingerprint density at radius 1 is 1.17 bits per heavy atom. The minimum atomic E-state index is -1.50. The summed E-state index contributed by atoms with van der Waals surface area (Å²) in [5.74, 6) is 1.17. The molecule has 0 aliphatic carbocycles. The molecule has 0 spiro atoms. The Morgan fingerprint density at radius 2 is 1.83 bits per heavy atom. The van der Waals surface area contributed by atoms with Crippen LogP contribution in [0.2, 0.25) is 15.1 Å². The lowest BCUT2D eigenvalue weighted by atomic mass is 10.2. The first kappa shape index (κ1) is 22.4. The van der Waals surface area contributed by atoms with E-state index in [0.29, 0.717) is 32.1 Å². The Bertz CT molecular complexity index is 959. The van der Waals surface area contributed by atoms with Crippen molar-refractivity contribution in [3.05, 3.63) is 91.9 Å². The highest BCUT2D eigenvalue weighted by atomic mass is 35.5. The number of ether oxygens (including phenoxy) is 2. The van der Waals surface area contributed by atoms with Crippen molar-refractivity contribution >= 4 is 46.8 Å². The van der Waals surface area contributed by atoms with Crippen molar-refractivity contribution in [2.24, 2.45) is 0 Å². The van der Waals surface area contributed by atoms with Crippen LogP contribution in [-0.2, 0) is 4.74 Å². The van der Waals surface area contributed by atoms with Crippen LogP contribution in [0.25, 0.3) is 12.0 Å². The molecular weight excluding hydrogens is 445 g/mol. The fraction of sp³-hybridized carbons (Fsp3) is 0.0556. The van der Waals surface area contributed by atoms with E-state index in [0.717, 1.165) is 0 Å². The second kappa shape index (κ2) is 11.2. The lowest BCUT2D eigenvalue weighted by Crippen LogP contribution is -2.04. The summed E-state index contributed by atoms with van der Waals surface area (Å²) in [6.07, 6.45) is 6.86. The van der Waals surface area contributed by atoms with Crippen LogP contribution in [0.1, 0.15) is 5.56 Å². The van der Waals surface area contributed by atoms with Crippen molar-refractivity contribution < 1.29 is 19.8 Å². The van der Waals surface area contributed by atoms with Crippen LogP contribution in [0.15, 0.2) is 61.2 Å². The predicted octanol–water partition coefficient (Wildman–Crippen LogP) is 5.50. The molecule has 0 unspecified atom stereocenters. The molecule has 8 nitrogen and oxygen atoms in total.